The van der Waals surface area contributed by atoms with Crippen molar-refractivity contribution in [2.24, 2.45) is 5.92 Å². The highest BCUT2D eigenvalue weighted by molar-refractivity contribution is 7.89. The van der Waals surface area contributed by atoms with Crippen LogP contribution >= 0.6 is 0 Å². The largest absolute Gasteiger partial charge is 0.480 e. The van der Waals surface area contributed by atoms with Gasteiger partial charge in [0, 0.05) is 0 Å². The number of carboxylic acid groups (broad SMARTS) is 1. The Kier molecular flexibility index (Phi) is 5.36. The van der Waals surface area contributed by atoms with Gasteiger partial charge < -0.3 is 5.11 Å². The van der Waals surface area contributed by atoms with Gasteiger partial charge in [0.1, 0.15) is 6.04 Å². The summed E-state index contributed by atoms with van der Waals surface area (Å²) in [6, 6.07) is 7.14. The van der Waals surface area contributed by atoms with Crippen molar-refractivity contribution in [2.45, 2.75) is 38.1 Å². The second-order valence-electron chi connectivity index (χ2n) is 5.56. The molecule has 1 aromatic rings. The predicted octanol–water partition coefficient (Wildman–Crippen LogP) is 2.31. The van der Waals surface area contributed by atoms with Gasteiger partial charge in [-0.3, -0.25) is 4.79 Å². The molecule has 0 unspecified atom stereocenters. The Morgan fingerprint density at radius 1 is 1.24 bits per heavy atom. The first-order valence-corrected chi connectivity index (χ1v) is 8.91. The topological polar surface area (TPSA) is 83.5 Å². The molecule has 0 radical (unpaired) electrons. The monoisotopic (exact) mass is 311 g/mol. The van der Waals surface area contributed by atoms with Gasteiger partial charge in [0.05, 0.1) is 5.75 Å². The first-order chi connectivity index (χ1) is 9.98. The lowest BCUT2D eigenvalue weighted by Gasteiger charge is -2.16. The summed E-state index contributed by atoms with van der Waals surface area (Å²) >= 11 is 0. The van der Waals surface area contributed by atoms with Crippen molar-refractivity contribution in [3.8, 4) is 0 Å². The first kappa shape index (κ1) is 16.0. The molecular formula is C15H21NO4S. The van der Waals surface area contributed by atoms with Gasteiger partial charge in [-0.1, -0.05) is 56.0 Å². The number of carboxylic acids is 1. The Labute approximate surface area is 125 Å². The molecule has 0 saturated heterocycles. The van der Waals surface area contributed by atoms with Gasteiger partial charge in [-0.2, -0.15) is 4.72 Å². The number of carbonyl (C=O) groups is 1. The third kappa shape index (κ3) is 4.82. The van der Waals surface area contributed by atoms with Crippen LogP contribution < -0.4 is 4.72 Å². The Morgan fingerprint density at radius 3 is 2.43 bits per heavy atom. The fourth-order valence-electron chi connectivity index (χ4n) is 2.77. The molecule has 1 aromatic carbocycles. The van der Waals surface area contributed by atoms with Crippen molar-refractivity contribution in [3.05, 3.63) is 35.9 Å². The fourth-order valence-corrected chi connectivity index (χ4v) is 4.12. The molecule has 2 rings (SSSR count). The van der Waals surface area contributed by atoms with E-state index in [1.807, 2.05) is 0 Å². The SMILES string of the molecule is O=C(O)[C@H](NS(=O)(=O)CCC1CCCC1)c1ccccc1. The Bertz CT molecular complexity index is 565. The van der Waals surface area contributed by atoms with Gasteiger partial charge in [-0.25, -0.2) is 8.42 Å². The van der Waals surface area contributed by atoms with E-state index in [1.54, 1.807) is 30.3 Å². The number of sulfonamides is 1. The number of nitrogens with one attached hydrogen (secondary N) is 1. The van der Waals surface area contributed by atoms with E-state index in [0.29, 0.717) is 17.9 Å². The number of hydrogen-bond acceptors (Lipinski definition) is 3. The summed E-state index contributed by atoms with van der Waals surface area (Å²) < 4.78 is 26.5. The smallest absolute Gasteiger partial charge is 0.326 e. The van der Waals surface area contributed by atoms with Crippen LogP contribution in [0.25, 0.3) is 0 Å². The standard InChI is InChI=1S/C15H21NO4S/c17-15(18)14(13-8-2-1-3-9-13)16-21(19,20)11-10-12-6-4-5-7-12/h1-3,8-9,12,14,16H,4-7,10-11H2,(H,17,18)/t14-/m1/s1. The lowest BCUT2D eigenvalue weighted by atomic mass is 10.1. The third-order valence-corrected chi connectivity index (χ3v) is 5.31. The summed E-state index contributed by atoms with van der Waals surface area (Å²) in [7, 11) is -3.59. The van der Waals surface area contributed by atoms with Crippen LogP contribution in [-0.4, -0.2) is 25.2 Å². The minimum atomic E-state index is -3.59. The second kappa shape index (κ2) is 7.04. The van der Waals surface area contributed by atoms with Crippen LogP contribution in [0.5, 0.6) is 0 Å². The van der Waals surface area contributed by atoms with E-state index in [1.165, 1.54) is 12.8 Å². The van der Waals surface area contributed by atoms with E-state index in [4.69, 9.17) is 0 Å². The zero-order valence-corrected chi connectivity index (χ0v) is 12.7. The molecule has 2 N–H and O–H groups in total. The Hall–Kier alpha value is -1.40. The van der Waals surface area contributed by atoms with Gasteiger partial charge in [-0.05, 0) is 17.9 Å². The third-order valence-electron chi connectivity index (χ3n) is 3.95. The van der Waals surface area contributed by atoms with Gasteiger partial charge >= 0.3 is 5.97 Å². The Morgan fingerprint density at radius 2 is 1.86 bits per heavy atom. The second-order valence-corrected chi connectivity index (χ2v) is 7.43. The van der Waals surface area contributed by atoms with Crippen LogP contribution in [0.15, 0.2) is 30.3 Å². The van der Waals surface area contributed by atoms with Crippen LogP contribution in [0.3, 0.4) is 0 Å². The lowest BCUT2D eigenvalue weighted by Crippen LogP contribution is -2.35. The molecule has 1 aliphatic rings. The molecule has 1 fully saturated rings. The number of aliphatic carboxylic acids is 1. The van der Waals surface area contributed by atoms with Crippen molar-refractivity contribution in [1.82, 2.24) is 4.72 Å². The normalized spacial score (nSPS) is 17.7. The summed E-state index contributed by atoms with van der Waals surface area (Å²) in [5.74, 6) is -0.735. The zero-order chi connectivity index (χ0) is 15.3. The molecule has 0 spiro atoms. The van der Waals surface area contributed by atoms with Crippen molar-refractivity contribution in [3.63, 3.8) is 0 Å². The molecule has 1 saturated carbocycles. The van der Waals surface area contributed by atoms with Crippen LogP contribution in [0, 0.1) is 5.92 Å². The molecule has 6 heteroatoms. The number of benzene rings is 1. The van der Waals surface area contributed by atoms with Gasteiger partial charge in [0.2, 0.25) is 10.0 Å². The minimum absolute atomic E-state index is 0.00567. The van der Waals surface area contributed by atoms with E-state index < -0.39 is 22.0 Å². The van der Waals surface area contributed by atoms with Crippen molar-refractivity contribution >= 4 is 16.0 Å². The summed E-state index contributed by atoms with van der Waals surface area (Å²) in [6.45, 7) is 0. The molecular weight excluding hydrogens is 290 g/mol. The summed E-state index contributed by atoms with van der Waals surface area (Å²) in [5.41, 5.74) is 0.439. The molecule has 0 amide bonds. The average Bonchev–Trinajstić information content (AvgIpc) is 2.97. The highest BCUT2D eigenvalue weighted by Crippen LogP contribution is 2.28. The van der Waals surface area contributed by atoms with E-state index >= 15 is 0 Å². The quantitative estimate of drug-likeness (QED) is 0.809. The average molecular weight is 311 g/mol. The van der Waals surface area contributed by atoms with Crippen LogP contribution in [0.1, 0.15) is 43.7 Å². The van der Waals surface area contributed by atoms with Crippen LogP contribution in [0.2, 0.25) is 0 Å². The van der Waals surface area contributed by atoms with Crippen LogP contribution in [0.4, 0.5) is 0 Å². The van der Waals surface area contributed by atoms with Crippen molar-refractivity contribution in [2.75, 3.05) is 5.75 Å². The number of hydrogen-bond donors (Lipinski definition) is 2. The van der Waals surface area contributed by atoms with E-state index in [2.05, 4.69) is 4.72 Å². The van der Waals surface area contributed by atoms with Crippen molar-refractivity contribution < 1.29 is 18.3 Å². The molecule has 0 aromatic heterocycles. The molecule has 0 aliphatic heterocycles. The lowest BCUT2D eigenvalue weighted by molar-refractivity contribution is -0.139. The predicted molar refractivity (Wildman–Crippen MR) is 80.3 cm³/mol. The molecule has 1 aliphatic carbocycles. The maximum atomic E-state index is 12.1. The highest BCUT2D eigenvalue weighted by Gasteiger charge is 2.26. The van der Waals surface area contributed by atoms with E-state index in [0.717, 1.165) is 12.8 Å². The molecule has 5 nitrogen and oxygen atoms in total. The van der Waals surface area contributed by atoms with Gasteiger partial charge in [-0.15, -0.1) is 0 Å². The zero-order valence-electron chi connectivity index (χ0n) is 11.9. The highest BCUT2D eigenvalue weighted by atomic mass is 32.2. The molecule has 1 atom stereocenters. The Balaban J connectivity index is 2.00. The maximum absolute atomic E-state index is 12.1. The summed E-state index contributed by atoms with van der Waals surface area (Å²) in [5, 5.41) is 9.24. The molecule has 21 heavy (non-hydrogen) atoms. The van der Waals surface area contributed by atoms with Gasteiger partial charge in [0.25, 0.3) is 0 Å². The first-order valence-electron chi connectivity index (χ1n) is 7.26. The van der Waals surface area contributed by atoms with E-state index in [9.17, 15) is 18.3 Å². The number of rotatable bonds is 7. The molecule has 116 valence electrons. The van der Waals surface area contributed by atoms with E-state index in [-0.39, 0.29) is 5.75 Å². The van der Waals surface area contributed by atoms with Gasteiger partial charge in [0.15, 0.2) is 0 Å². The maximum Gasteiger partial charge on any atom is 0.326 e. The van der Waals surface area contributed by atoms with Crippen molar-refractivity contribution in [1.29, 1.82) is 0 Å². The fraction of sp³-hybridized carbons (Fsp3) is 0.533. The minimum Gasteiger partial charge on any atom is -0.480 e. The van der Waals surface area contributed by atoms with Crippen LogP contribution in [-0.2, 0) is 14.8 Å². The summed E-state index contributed by atoms with van der Waals surface area (Å²) in [4.78, 5) is 11.3. The molecule has 0 bridgehead atoms. The molecule has 0 heterocycles. The summed E-state index contributed by atoms with van der Waals surface area (Å²) in [6.07, 6.45) is 5.10.